The zero-order valence-corrected chi connectivity index (χ0v) is 14.4. The fourth-order valence-electron chi connectivity index (χ4n) is 2.37. The molecule has 0 spiro atoms. The van der Waals surface area contributed by atoms with Gasteiger partial charge in [-0.15, -0.1) is 0 Å². The van der Waals surface area contributed by atoms with Crippen molar-refractivity contribution in [2.45, 2.75) is 13.8 Å². The van der Waals surface area contributed by atoms with E-state index in [2.05, 4.69) is 25.9 Å². The second-order valence-electron chi connectivity index (χ2n) is 5.74. The summed E-state index contributed by atoms with van der Waals surface area (Å²) in [6.45, 7) is 3.31. The number of halogens is 1. The molecular formula is C19H18FN5O. The molecule has 0 saturated carbocycles. The standard InChI is InChI=1S/C19H18FN5O/c1-12-10-18(23-17-5-3-4-14(20)11-17)25-19(21-12)24-16-8-6-15(7-9-16)22-13(2)26/h3-11H,1-2H3,(H,22,26)(H2,21,23,24,25). The van der Waals surface area contributed by atoms with Crippen molar-refractivity contribution in [2.75, 3.05) is 16.0 Å². The quantitative estimate of drug-likeness (QED) is 0.636. The van der Waals surface area contributed by atoms with Gasteiger partial charge in [0.25, 0.3) is 0 Å². The van der Waals surface area contributed by atoms with Gasteiger partial charge in [0.05, 0.1) is 0 Å². The monoisotopic (exact) mass is 351 g/mol. The van der Waals surface area contributed by atoms with Gasteiger partial charge in [-0.25, -0.2) is 9.37 Å². The van der Waals surface area contributed by atoms with E-state index in [-0.39, 0.29) is 11.7 Å². The number of rotatable bonds is 5. The lowest BCUT2D eigenvalue weighted by Gasteiger charge is -2.10. The molecule has 3 N–H and O–H groups in total. The Morgan fingerprint density at radius 3 is 2.35 bits per heavy atom. The van der Waals surface area contributed by atoms with Crippen LogP contribution < -0.4 is 16.0 Å². The van der Waals surface area contributed by atoms with E-state index in [1.807, 2.05) is 19.1 Å². The van der Waals surface area contributed by atoms with Crippen molar-refractivity contribution in [3.63, 3.8) is 0 Å². The number of nitrogens with one attached hydrogen (secondary N) is 3. The topological polar surface area (TPSA) is 78.9 Å². The molecule has 3 rings (SSSR count). The van der Waals surface area contributed by atoms with Crippen LogP contribution in [0.15, 0.2) is 54.6 Å². The van der Waals surface area contributed by atoms with Crippen LogP contribution in [0.4, 0.5) is 33.2 Å². The number of carbonyl (C=O) groups excluding carboxylic acids is 1. The van der Waals surface area contributed by atoms with Crippen LogP contribution in [0.3, 0.4) is 0 Å². The molecule has 26 heavy (non-hydrogen) atoms. The maximum absolute atomic E-state index is 13.3. The Morgan fingerprint density at radius 2 is 1.65 bits per heavy atom. The summed E-state index contributed by atoms with van der Waals surface area (Å²) in [4.78, 5) is 19.8. The van der Waals surface area contributed by atoms with E-state index >= 15 is 0 Å². The minimum absolute atomic E-state index is 0.124. The fourth-order valence-corrected chi connectivity index (χ4v) is 2.37. The van der Waals surface area contributed by atoms with Gasteiger partial charge < -0.3 is 16.0 Å². The number of aryl methyl sites for hydroxylation is 1. The summed E-state index contributed by atoms with van der Waals surface area (Å²) in [7, 11) is 0. The lowest BCUT2D eigenvalue weighted by molar-refractivity contribution is -0.114. The van der Waals surface area contributed by atoms with Gasteiger partial charge in [0, 0.05) is 35.7 Å². The summed E-state index contributed by atoms with van der Waals surface area (Å²) in [6, 6.07) is 15.1. The molecule has 0 aliphatic carbocycles. The van der Waals surface area contributed by atoms with Crippen molar-refractivity contribution in [1.82, 2.24) is 9.97 Å². The average molecular weight is 351 g/mol. The van der Waals surface area contributed by atoms with E-state index in [0.717, 1.165) is 11.4 Å². The first-order valence-corrected chi connectivity index (χ1v) is 8.01. The van der Waals surface area contributed by atoms with E-state index in [4.69, 9.17) is 0 Å². The van der Waals surface area contributed by atoms with Gasteiger partial charge in [-0.1, -0.05) is 6.07 Å². The largest absolute Gasteiger partial charge is 0.340 e. The van der Waals surface area contributed by atoms with Crippen LogP contribution in [0.2, 0.25) is 0 Å². The van der Waals surface area contributed by atoms with Gasteiger partial charge in [-0.3, -0.25) is 4.79 Å². The van der Waals surface area contributed by atoms with Gasteiger partial charge in [-0.05, 0) is 49.4 Å². The molecule has 2 aromatic carbocycles. The lowest BCUT2D eigenvalue weighted by atomic mass is 10.3. The molecule has 3 aromatic rings. The number of benzene rings is 2. The average Bonchev–Trinajstić information content (AvgIpc) is 2.56. The maximum Gasteiger partial charge on any atom is 0.229 e. The highest BCUT2D eigenvalue weighted by Crippen LogP contribution is 2.20. The van der Waals surface area contributed by atoms with Crippen molar-refractivity contribution in [2.24, 2.45) is 0 Å². The molecule has 0 bridgehead atoms. The molecule has 0 unspecified atom stereocenters. The van der Waals surface area contributed by atoms with Crippen LogP contribution in [0, 0.1) is 12.7 Å². The van der Waals surface area contributed by atoms with Crippen LogP contribution in [-0.4, -0.2) is 15.9 Å². The summed E-state index contributed by atoms with van der Waals surface area (Å²) >= 11 is 0. The van der Waals surface area contributed by atoms with Crippen LogP contribution >= 0.6 is 0 Å². The number of carbonyl (C=O) groups is 1. The summed E-state index contributed by atoms with van der Waals surface area (Å²) in [5.41, 5.74) is 2.85. The van der Waals surface area contributed by atoms with Gasteiger partial charge >= 0.3 is 0 Å². The molecule has 6 nitrogen and oxygen atoms in total. The Bertz CT molecular complexity index is 927. The fraction of sp³-hybridized carbons (Fsp3) is 0.105. The molecule has 0 aliphatic heterocycles. The zero-order chi connectivity index (χ0) is 18.5. The molecule has 0 radical (unpaired) electrons. The Kier molecular flexibility index (Phi) is 5.07. The third-order valence-corrected chi connectivity index (χ3v) is 3.41. The van der Waals surface area contributed by atoms with E-state index in [1.165, 1.54) is 19.1 Å². The minimum Gasteiger partial charge on any atom is -0.340 e. The van der Waals surface area contributed by atoms with Crippen LogP contribution in [-0.2, 0) is 4.79 Å². The number of hydrogen-bond acceptors (Lipinski definition) is 5. The highest BCUT2D eigenvalue weighted by Gasteiger charge is 2.05. The van der Waals surface area contributed by atoms with Gasteiger partial charge in [0.1, 0.15) is 11.6 Å². The Morgan fingerprint density at radius 1 is 0.923 bits per heavy atom. The third-order valence-electron chi connectivity index (χ3n) is 3.41. The Labute approximate surface area is 150 Å². The smallest absolute Gasteiger partial charge is 0.229 e. The second-order valence-corrected chi connectivity index (χ2v) is 5.74. The third kappa shape index (κ3) is 4.76. The van der Waals surface area contributed by atoms with Crippen LogP contribution in [0.25, 0.3) is 0 Å². The number of hydrogen-bond donors (Lipinski definition) is 3. The summed E-state index contributed by atoms with van der Waals surface area (Å²) in [5.74, 6) is 0.524. The number of amides is 1. The van der Waals surface area contributed by atoms with Crippen LogP contribution in [0.5, 0.6) is 0 Å². The normalized spacial score (nSPS) is 10.3. The predicted molar refractivity (Wildman–Crippen MR) is 100 cm³/mol. The van der Waals surface area contributed by atoms with E-state index in [1.54, 1.807) is 30.3 Å². The zero-order valence-electron chi connectivity index (χ0n) is 14.4. The molecule has 1 heterocycles. The van der Waals surface area contributed by atoms with Gasteiger partial charge in [0.15, 0.2) is 0 Å². The number of anilines is 5. The van der Waals surface area contributed by atoms with E-state index in [0.29, 0.717) is 23.1 Å². The molecule has 0 fully saturated rings. The highest BCUT2D eigenvalue weighted by molar-refractivity contribution is 5.88. The Hall–Kier alpha value is -3.48. The van der Waals surface area contributed by atoms with Crippen molar-refractivity contribution in [3.8, 4) is 0 Å². The first kappa shape index (κ1) is 17.3. The van der Waals surface area contributed by atoms with E-state index < -0.39 is 0 Å². The van der Waals surface area contributed by atoms with Crippen molar-refractivity contribution in [3.05, 3.63) is 66.1 Å². The van der Waals surface area contributed by atoms with Crippen molar-refractivity contribution >= 4 is 34.7 Å². The van der Waals surface area contributed by atoms with Crippen LogP contribution in [0.1, 0.15) is 12.6 Å². The van der Waals surface area contributed by atoms with Gasteiger partial charge in [0.2, 0.25) is 11.9 Å². The predicted octanol–water partition coefficient (Wildman–Crippen LogP) is 4.37. The maximum atomic E-state index is 13.3. The molecule has 0 atom stereocenters. The van der Waals surface area contributed by atoms with Crippen molar-refractivity contribution < 1.29 is 9.18 Å². The summed E-state index contributed by atoms with van der Waals surface area (Å²) < 4.78 is 13.3. The number of nitrogens with zero attached hydrogens (tertiary/aromatic N) is 2. The molecule has 7 heteroatoms. The minimum atomic E-state index is -0.321. The first-order valence-electron chi connectivity index (χ1n) is 8.01. The number of aromatic nitrogens is 2. The highest BCUT2D eigenvalue weighted by atomic mass is 19.1. The second kappa shape index (κ2) is 7.60. The van der Waals surface area contributed by atoms with Gasteiger partial charge in [-0.2, -0.15) is 4.98 Å². The summed E-state index contributed by atoms with van der Waals surface area (Å²) in [6.07, 6.45) is 0. The molecule has 1 aromatic heterocycles. The molecular weight excluding hydrogens is 333 g/mol. The molecule has 0 aliphatic rings. The molecule has 132 valence electrons. The molecule has 1 amide bonds. The first-order chi connectivity index (χ1) is 12.5. The van der Waals surface area contributed by atoms with Crippen molar-refractivity contribution in [1.29, 1.82) is 0 Å². The SMILES string of the molecule is CC(=O)Nc1ccc(Nc2nc(C)cc(Nc3cccc(F)c3)n2)cc1. The summed E-state index contributed by atoms with van der Waals surface area (Å²) in [5, 5.41) is 8.89. The molecule has 0 saturated heterocycles. The lowest BCUT2D eigenvalue weighted by Crippen LogP contribution is -2.06. The van der Waals surface area contributed by atoms with E-state index in [9.17, 15) is 9.18 Å². The Balaban J connectivity index is 1.76.